The van der Waals surface area contributed by atoms with Crippen LogP contribution in [-0.4, -0.2) is 56.9 Å². The van der Waals surface area contributed by atoms with Crippen molar-refractivity contribution in [3.8, 4) is 10.4 Å². The molecule has 2 aromatic carbocycles. The monoisotopic (exact) mass is 544 g/mol. The van der Waals surface area contributed by atoms with Crippen molar-refractivity contribution in [2.24, 2.45) is 0 Å². The number of amides is 1. The van der Waals surface area contributed by atoms with Crippen LogP contribution < -0.4 is 5.32 Å². The van der Waals surface area contributed by atoms with E-state index in [9.17, 15) is 22.8 Å². The Bertz CT molecular complexity index is 1360. The number of nitrogens with zero attached hydrogens (tertiary/aromatic N) is 1. The Morgan fingerprint density at radius 3 is 2.24 bits per heavy atom. The minimum absolute atomic E-state index is 0.00450. The van der Waals surface area contributed by atoms with Crippen molar-refractivity contribution < 1.29 is 32.3 Å². The predicted molar refractivity (Wildman–Crippen MR) is 141 cm³/mol. The molecule has 0 saturated carbocycles. The van der Waals surface area contributed by atoms with Gasteiger partial charge < -0.3 is 14.8 Å². The molecule has 37 heavy (non-hydrogen) atoms. The molecule has 1 amide bonds. The molecule has 0 bridgehead atoms. The van der Waals surface area contributed by atoms with Gasteiger partial charge in [0, 0.05) is 18.0 Å². The fraction of sp³-hybridized carbons (Fsp3) is 0.269. The van der Waals surface area contributed by atoms with E-state index in [1.54, 1.807) is 26.8 Å². The van der Waals surface area contributed by atoms with Crippen molar-refractivity contribution >= 4 is 44.9 Å². The quantitative estimate of drug-likeness (QED) is 0.355. The van der Waals surface area contributed by atoms with E-state index in [-0.39, 0.29) is 40.7 Å². The van der Waals surface area contributed by atoms with Crippen LogP contribution in [-0.2, 0) is 24.3 Å². The van der Waals surface area contributed by atoms with Gasteiger partial charge in [0.15, 0.2) is 6.61 Å². The van der Waals surface area contributed by atoms with Crippen molar-refractivity contribution in [2.75, 3.05) is 31.6 Å². The van der Waals surface area contributed by atoms with Gasteiger partial charge in [0.1, 0.15) is 4.88 Å². The summed E-state index contributed by atoms with van der Waals surface area (Å²) in [6.45, 7) is 5.24. The van der Waals surface area contributed by atoms with Crippen LogP contribution in [0.25, 0.3) is 10.4 Å². The van der Waals surface area contributed by atoms with Crippen molar-refractivity contribution in [1.29, 1.82) is 0 Å². The fourth-order valence-corrected chi connectivity index (χ4v) is 5.99. The zero-order valence-corrected chi connectivity index (χ0v) is 22.4. The van der Waals surface area contributed by atoms with Crippen molar-refractivity contribution in [1.82, 2.24) is 4.31 Å². The van der Waals surface area contributed by atoms with E-state index in [1.165, 1.54) is 39.9 Å². The summed E-state index contributed by atoms with van der Waals surface area (Å²) in [6, 6.07) is 16.5. The lowest BCUT2D eigenvalue weighted by molar-refractivity contribution is -0.119. The van der Waals surface area contributed by atoms with Gasteiger partial charge >= 0.3 is 11.9 Å². The molecule has 0 atom stereocenters. The molecule has 196 valence electrons. The molecule has 0 unspecified atom stereocenters. The van der Waals surface area contributed by atoms with Crippen molar-refractivity contribution in [2.45, 2.75) is 25.7 Å². The first-order valence-corrected chi connectivity index (χ1v) is 13.9. The molecule has 0 aliphatic heterocycles. The van der Waals surface area contributed by atoms with Gasteiger partial charge in [-0.05, 0) is 36.8 Å². The van der Waals surface area contributed by atoms with Gasteiger partial charge in [-0.1, -0.05) is 50.2 Å². The van der Waals surface area contributed by atoms with Gasteiger partial charge in [0.05, 0.1) is 22.8 Å². The number of hydrogen-bond donors (Lipinski definition) is 1. The molecule has 1 heterocycles. The lowest BCUT2D eigenvalue weighted by atomic mass is 10.2. The van der Waals surface area contributed by atoms with E-state index >= 15 is 0 Å². The number of nitrogens with one attached hydrogen (secondary N) is 1. The van der Waals surface area contributed by atoms with Gasteiger partial charge in [-0.2, -0.15) is 4.31 Å². The summed E-state index contributed by atoms with van der Waals surface area (Å²) in [5, 5.41) is 2.60. The number of hydrogen-bond acceptors (Lipinski definition) is 8. The number of rotatable bonds is 11. The summed E-state index contributed by atoms with van der Waals surface area (Å²) >= 11 is 1.18. The average Bonchev–Trinajstić information content (AvgIpc) is 3.32. The highest BCUT2D eigenvalue weighted by Gasteiger charge is 2.24. The summed E-state index contributed by atoms with van der Waals surface area (Å²) in [5.74, 6) is -2.09. The number of thiophene rings is 1. The standard InChI is InChI=1S/C26H28N2O7S2/c1-4-28(5-2)37(32,33)20-14-10-13-19(15-20)25(30)35-17-23(29)27-21-16-22(18-11-8-7-9-12-18)36-24(21)26(31)34-6-3/h7-16H,4-6,17H2,1-3H3,(H,27,29). The maximum atomic E-state index is 12.7. The maximum Gasteiger partial charge on any atom is 0.350 e. The van der Waals surface area contributed by atoms with E-state index in [2.05, 4.69) is 5.32 Å². The zero-order chi connectivity index (χ0) is 27.0. The third kappa shape index (κ3) is 6.82. The van der Waals surface area contributed by atoms with Gasteiger partial charge in [0.2, 0.25) is 10.0 Å². The predicted octanol–water partition coefficient (Wildman–Crippen LogP) is 4.42. The summed E-state index contributed by atoms with van der Waals surface area (Å²) in [5.41, 5.74) is 1.11. The molecular weight excluding hydrogens is 516 g/mol. The van der Waals surface area contributed by atoms with Crippen molar-refractivity contribution in [3.05, 3.63) is 71.1 Å². The number of sulfonamides is 1. The lowest BCUT2D eigenvalue weighted by Gasteiger charge is -2.18. The molecule has 0 spiro atoms. The Balaban J connectivity index is 1.72. The summed E-state index contributed by atoms with van der Waals surface area (Å²) in [7, 11) is -3.76. The third-order valence-electron chi connectivity index (χ3n) is 5.27. The van der Waals surface area contributed by atoms with Crippen LogP contribution in [0.1, 0.15) is 40.8 Å². The highest BCUT2D eigenvalue weighted by Crippen LogP contribution is 2.35. The van der Waals surface area contributed by atoms with Gasteiger partial charge in [-0.3, -0.25) is 4.79 Å². The molecule has 1 aromatic heterocycles. The smallest absolute Gasteiger partial charge is 0.350 e. The fourth-order valence-electron chi connectivity index (χ4n) is 3.47. The number of benzene rings is 2. The van der Waals surface area contributed by atoms with Gasteiger partial charge in [-0.25, -0.2) is 18.0 Å². The number of anilines is 1. The summed E-state index contributed by atoms with van der Waals surface area (Å²) in [4.78, 5) is 38.5. The first-order valence-electron chi connectivity index (χ1n) is 11.6. The molecule has 0 aliphatic rings. The molecule has 0 fully saturated rings. The maximum absolute atomic E-state index is 12.7. The van der Waals surface area contributed by atoms with Crippen LogP contribution in [0.5, 0.6) is 0 Å². The van der Waals surface area contributed by atoms with Crippen LogP contribution in [0.15, 0.2) is 65.6 Å². The third-order valence-corrected chi connectivity index (χ3v) is 8.48. The topological polar surface area (TPSA) is 119 Å². The number of carbonyl (C=O) groups excluding carboxylic acids is 3. The Morgan fingerprint density at radius 1 is 0.892 bits per heavy atom. The molecule has 3 aromatic rings. The Labute approximate surface area is 220 Å². The molecule has 0 radical (unpaired) electrons. The number of ether oxygens (including phenoxy) is 2. The van der Waals surface area contributed by atoms with E-state index < -0.39 is 34.5 Å². The SMILES string of the molecule is CCOC(=O)c1sc(-c2ccccc2)cc1NC(=O)COC(=O)c1cccc(S(=O)(=O)N(CC)CC)c1. The second kappa shape index (κ2) is 12.6. The van der Waals surface area contributed by atoms with Gasteiger partial charge in [-0.15, -0.1) is 11.3 Å². The van der Waals surface area contributed by atoms with Crippen LogP contribution in [0.4, 0.5) is 5.69 Å². The Kier molecular flexibility index (Phi) is 9.56. The molecule has 9 nitrogen and oxygen atoms in total. The summed E-state index contributed by atoms with van der Waals surface area (Å²) in [6.07, 6.45) is 0. The zero-order valence-electron chi connectivity index (χ0n) is 20.7. The van der Waals surface area contributed by atoms with Gasteiger partial charge in [0.25, 0.3) is 5.91 Å². The second-order valence-electron chi connectivity index (χ2n) is 7.68. The van der Waals surface area contributed by atoms with E-state index in [0.717, 1.165) is 10.4 Å². The normalized spacial score (nSPS) is 11.2. The van der Waals surface area contributed by atoms with E-state index in [0.29, 0.717) is 0 Å². The highest BCUT2D eigenvalue weighted by atomic mass is 32.2. The van der Waals surface area contributed by atoms with Crippen molar-refractivity contribution in [3.63, 3.8) is 0 Å². The molecular formula is C26H28N2O7S2. The van der Waals surface area contributed by atoms with Crippen LogP contribution in [0.2, 0.25) is 0 Å². The minimum Gasteiger partial charge on any atom is -0.462 e. The first kappa shape index (κ1) is 28.0. The van der Waals surface area contributed by atoms with Crippen LogP contribution >= 0.6 is 11.3 Å². The minimum atomic E-state index is -3.76. The number of carbonyl (C=O) groups is 3. The second-order valence-corrected chi connectivity index (χ2v) is 10.7. The molecule has 0 saturated heterocycles. The highest BCUT2D eigenvalue weighted by molar-refractivity contribution is 7.89. The largest absolute Gasteiger partial charge is 0.462 e. The van der Waals surface area contributed by atoms with Crippen LogP contribution in [0, 0.1) is 0 Å². The number of esters is 2. The molecule has 11 heteroatoms. The lowest BCUT2D eigenvalue weighted by Crippen LogP contribution is -2.30. The van der Waals surface area contributed by atoms with E-state index in [4.69, 9.17) is 9.47 Å². The summed E-state index contributed by atoms with van der Waals surface area (Å²) < 4.78 is 37.0. The molecule has 0 aliphatic carbocycles. The first-order chi connectivity index (χ1) is 17.7. The molecule has 3 rings (SSSR count). The van der Waals surface area contributed by atoms with Crippen LogP contribution in [0.3, 0.4) is 0 Å². The molecule has 1 N–H and O–H groups in total. The Morgan fingerprint density at radius 2 is 1.59 bits per heavy atom. The average molecular weight is 545 g/mol. The van der Waals surface area contributed by atoms with E-state index in [1.807, 2.05) is 30.3 Å². The Hall–Kier alpha value is -3.54.